The third kappa shape index (κ3) is 6.62. The first-order valence-corrected chi connectivity index (χ1v) is 10.2. The van der Waals surface area contributed by atoms with Crippen molar-refractivity contribution < 1.29 is 9.26 Å². The first-order valence-electron chi connectivity index (χ1n) is 10.2. The first kappa shape index (κ1) is 21.4. The Morgan fingerprint density at radius 3 is 2.67 bits per heavy atom. The lowest BCUT2D eigenvalue weighted by atomic mass is 10.1. The maximum Gasteiger partial charge on any atom is 0.213 e. The lowest BCUT2D eigenvalue weighted by Crippen LogP contribution is -2.36. The SMILES string of the molecule is CCNC(=NCc1ccnc(OCc2ccccc2)c1)NCc1cc(C(C)C)no1. The fraction of sp³-hybridized carbons (Fsp3) is 0.348. The largest absolute Gasteiger partial charge is 0.473 e. The number of aliphatic imine (C=N–C) groups is 1. The molecule has 2 heterocycles. The van der Waals surface area contributed by atoms with E-state index in [0.29, 0.717) is 37.5 Å². The molecular weight excluding hydrogens is 378 g/mol. The van der Waals surface area contributed by atoms with Crippen LogP contribution in [-0.4, -0.2) is 22.6 Å². The average molecular weight is 408 g/mol. The summed E-state index contributed by atoms with van der Waals surface area (Å²) in [7, 11) is 0. The second-order valence-corrected chi connectivity index (χ2v) is 7.20. The van der Waals surface area contributed by atoms with Crippen molar-refractivity contribution in [3.63, 3.8) is 0 Å². The summed E-state index contributed by atoms with van der Waals surface area (Å²) in [4.78, 5) is 8.94. The van der Waals surface area contributed by atoms with E-state index in [2.05, 4.69) is 39.6 Å². The summed E-state index contributed by atoms with van der Waals surface area (Å²) in [6.45, 7) is 8.49. The van der Waals surface area contributed by atoms with Gasteiger partial charge in [-0.25, -0.2) is 9.98 Å². The summed E-state index contributed by atoms with van der Waals surface area (Å²) in [5.74, 6) is 2.43. The van der Waals surface area contributed by atoms with Crippen LogP contribution in [0.5, 0.6) is 5.88 Å². The van der Waals surface area contributed by atoms with Crippen LogP contribution in [0.4, 0.5) is 0 Å². The van der Waals surface area contributed by atoms with Crippen molar-refractivity contribution in [2.45, 2.75) is 46.4 Å². The Labute approximate surface area is 177 Å². The normalized spacial score (nSPS) is 11.5. The van der Waals surface area contributed by atoms with Crippen LogP contribution < -0.4 is 15.4 Å². The molecule has 0 saturated carbocycles. The van der Waals surface area contributed by atoms with Crippen molar-refractivity contribution in [1.29, 1.82) is 0 Å². The van der Waals surface area contributed by atoms with Gasteiger partial charge in [-0.3, -0.25) is 0 Å². The van der Waals surface area contributed by atoms with Gasteiger partial charge < -0.3 is 19.9 Å². The number of pyridine rings is 1. The van der Waals surface area contributed by atoms with Crippen molar-refractivity contribution in [2.75, 3.05) is 6.54 Å². The molecule has 2 aromatic heterocycles. The molecule has 3 aromatic rings. The second kappa shape index (κ2) is 11.0. The zero-order chi connectivity index (χ0) is 21.2. The minimum Gasteiger partial charge on any atom is -0.473 e. The van der Waals surface area contributed by atoms with Gasteiger partial charge in [-0.15, -0.1) is 0 Å². The molecule has 0 unspecified atom stereocenters. The van der Waals surface area contributed by atoms with Crippen LogP contribution in [0.15, 0.2) is 64.2 Å². The lowest BCUT2D eigenvalue weighted by Gasteiger charge is -2.10. The van der Waals surface area contributed by atoms with Gasteiger partial charge in [-0.05, 0) is 30.0 Å². The van der Waals surface area contributed by atoms with E-state index < -0.39 is 0 Å². The van der Waals surface area contributed by atoms with Gasteiger partial charge in [-0.2, -0.15) is 0 Å². The van der Waals surface area contributed by atoms with Crippen molar-refractivity contribution >= 4 is 5.96 Å². The molecule has 0 fully saturated rings. The van der Waals surface area contributed by atoms with Crippen LogP contribution >= 0.6 is 0 Å². The molecule has 2 N–H and O–H groups in total. The lowest BCUT2D eigenvalue weighted by molar-refractivity contribution is 0.293. The molecule has 0 radical (unpaired) electrons. The Bertz CT molecular complexity index is 938. The summed E-state index contributed by atoms with van der Waals surface area (Å²) in [5.41, 5.74) is 3.08. The van der Waals surface area contributed by atoms with Gasteiger partial charge in [0.05, 0.1) is 18.8 Å². The van der Waals surface area contributed by atoms with E-state index in [4.69, 9.17) is 9.26 Å². The number of aromatic nitrogens is 2. The summed E-state index contributed by atoms with van der Waals surface area (Å²) in [5, 5.41) is 10.6. The van der Waals surface area contributed by atoms with E-state index in [0.717, 1.165) is 29.1 Å². The van der Waals surface area contributed by atoms with Crippen molar-refractivity contribution in [3.05, 3.63) is 77.3 Å². The molecule has 0 saturated heterocycles. The molecule has 158 valence electrons. The quantitative estimate of drug-likeness (QED) is 0.412. The summed E-state index contributed by atoms with van der Waals surface area (Å²) >= 11 is 0. The number of hydrogen-bond donors (Lipinski definition) is 2. The molecule has 30 heavy (non-hydrogen) atoms. The molecule has 0 aliphatic carbocycles. The molecule has 0 aliphatic rings. The van der Waals surface area contributed by atoms with E-state index in [1.165, 1.54) is 0 Å². The number of nitrogens with one attached hydrogen (secondary N) is 2. The molecule has 0 atom stereocenters. The van der Waals surface area contributed by atoms with Gasteiger partial charge in [0.15, 0.2) is 11.7 Å². The number of benzene rings is 1. The molecule has 3 rings (SSSR count). The Morgan fingerprint density at radius 2 is 1.93 bits per heavy atom. The topological polar surface area (TPSA) is 84.6 Å². The minimum absolute atomic E-state index is 0.342. The molecule has 0 bridgehead atoms. The third-order valence-electron chi connectivity index (χ3n) is 4.39. The van der Waals surface area contributed by atoms with Crippen LogP contribution in [0, 0.1) is 0 Å². The first-order chi connectivity index (χ1) is 14.6. The van der Waals surface area contributed by atoms with Crippen LogP contribution in [-0.2, 0) is 19.7 Å². The second-order valence-electron chi connectivity index (χ2n) is 7.20. The maximum absolute atomic E-state index is 5.80. The maximum atomic E-state index is 5.80. The van der Waals surface area contributed by atoms with E-state index in [-0.39, 0.29) is 0 Å². The van der Waals surface area contributed by atoms with E-state index in [1.807, 2.05) is 55.5 Å². The molecule has 0 amide bonds. The predicted octanol–water partition coefficient (Wildman–Crippen LogP) is 4.03. The van der Waals surface area contributed by atoms with Crippen molar-refractivity contribution in [1.82, 2.24) is 20.8 Å². The van der Waals surface area contributed by atoms with Gasteiger partial charge in [-0.1, -0.05) is 49.3 Å². The molecule has 0 aliphatic heterocycles. The van der Waals surface area contributed by atoms with Crippen LogP contribution in [0.1, 0.15) is 49.3 Å². The predicted molar refractivity (Wildman–Crippen MR) is 117 cm³/mol. The highest BCUT2D eigenvalue weighted by Crippen LogP contribution is 2.14. The Balaban J connectivity index is 1.56. The molecule has 1 aromatic carbocycles. The third-order valence-corrected chi connectivity index (χ3v) is 4.39. The Hall–Kier alpha value is -3.35. The zero-order valence-corrected chi connectivity index (χ0v) is 17.8. The smallest absolute Gasteiger partial charge is 0.213 e. The highest BCUT2D eigenvalue weighted by atomic mass is 16.5. The van der Waals surface area contributed by atoms with E-state index in [1.54, 1.807) is 6.20 Å². The highest BCUT2D eigenvalue weighted by Gasteiger charge is 2.08. The number of nitrogens with zero attached hydrogens (tertiary/aromatic N) is 3. The molecule has 7 heteroatoms. The van der Waals surface area contributed by atoms with Crippen molar-refractivity contribution in [3.8, 4) is 5.88 Å². The summed E-state index contributed by atoms with van der Waals surface area (Å²) < 4.78 is 11.2. The van der Waals surface area contributed by atoms with Gasteiger partial charge >= 0.3 is 0 Å². The van der Waals surface area contributed by atoms with Crippen LogP contribution in [0.25, 0.3) is 0 Å². The van der Waals surface area contributed by atoms with Gasteiger partial charge in [0.1, 0.15) is 6.61 Å². The number of rotatable bonds is 9. The number of ether oxygens (including phenoxy) is 1. The summed E-state index contributed by atoms with van der Waals surface area (Å²) in [6, 6.07) is 15.9. The molecule has 7 nitrogen and oxygen atoms in total. The zero-order valence-electron chi connectivity index (χ0n) is 17.8. The van der Waals surface area contributed by atoms with Crippen molar-refractivity contribution in [2.24, 2.45) is 4.99 Å². The minimum atomic E-state index is 0.342. The van der Waals surface area contributed by atoms with E-state index >= 15 is 0 Å². The fourth-order valence-electron chi connectivity index (χ4n) is 2.73. The Morgan fingerprint density at radius 1 is 1.10 bits per heavy atom. The standard InChI is InChI=1S/C23H29N5O2/c1-4-24-23(27-15-20-13-21(17(2)3)28-30-20)26-14-19-10-11-25-22(12-19)29-16-18-8-6-5-7-9-18/h5-13,17H,4,14-16H2,1-3H3,(H2,24,26,27). The van der Waals surface area contributed by atoms with Gasteiger partial charge in [0.2, 0.25) is 5.88 Å². The van der Waals surface area contributed by atoms with E-state index in [9.17, 15) is 0 Å². The van der Waals surface area contributed by atoms with Gasteiger partial charge in [0.25, 0.3) is 0 Å². The van der Waals surface area contributed by atoms with Crippen LogP contribution in [0.3, 0.4) is 0 Å². The van der Waals surface area contributed by atoms with Gasteiger partial charge in [0, 0.05) is 24.9 Å². The number of guanidine groups is 1. The highest BCUT2D eigenvalue weighted by molar-refractivity contribution is 5.79. The molecular formula is C23H29N5O2. The van der Waals surface area contributed by atoms with Crippen LogP contribution in [0.2, 0.25) is 0 Å². The average Bonchev–Trinajstić information content (AvgIpc) is 3.25. The Kier molecular flexibility index (Phi) is 7.83. The summed E-state index contributed by atoms with van der Waals surface area (Å²) in [6.07, 6.45) is 1.74. The monoisotopic (exact) mass is 407 g/mol. The molecule has 0 spiro atoms. The number of hydrogen-bond acceptors (Lipinski definition) is 5. The fourth-order valence-corrected chi connectivity index (χ4v) is 2.73.